The summed E-state index contributed by atoms with van der Waals surface area (Å²) in [6.07, 6.45) is 1.65. The molecule has 0 bridgehead atoms. The van der Waals surface area contributed by atoms with E-state index in [0.29, 0.717) is 10.2 Å². The van der Waals surface area contributed by atoms with Crippen molar-refractivity contribution in [1.29, 1.82) is 0 Å². The van der Waals surface area contributed by atoms with Gasteiger partial charge in [-0.3, -0.25) is 0 Å². The molecule has 1 aromatic heterocycles. The first kappa shape index (κ1) is 10.3. The highest BCUT2D eigenvalue weighted by molar-refractivity contribution is 6.31. The number of anilines is 2. The third kappa shape index (κ3) is 2.85. The molecule has 0 aliphatic carbocycles. The maximum absolute atomic E-state index is 5.86. The van der Waals surface area contributed by atoms with E-state index < -0.39 is 0 Å². The second-order valence-electron chi connectivity index (χ2n) is 3.00. The molecule has 15 heavy (non-hydrogen) atoms. The standard InChI is InChI=1S/C11H8Cl2N2/c12-8-2-1-3-9(6-8)15-10-4-5-14-11(13)7-10/h1-7H,(H,14,15). The van der Waals surface area contributed by atoms with Gasteiger partial charge < -0.3 is 5.32 Å². The van der Waals surface area contributed by atoms with Crippen LogP contribution in [-0.2, 0) is 0 Å². The number of hydrogen-bond donors (Lipinski definition) is 1. The number of aromatic nitrogens is 1. The van der Waals surface area contributed by atoms with Crippen LogP contribution in [0.15, 0.2) is 42.6 Å². The van der Waals surface area contributed by atoms with Crippen molar-refractivity contribution in [3.05, 3.63) is 52.8 Å². The van der Waals surface area contributed by atoms with Crippen molar-refractivity contribution < 1.29 is 0 Å². The molecule has 4 heteroatoms. The van der Waals surface area contributed by atoms with E-state index in [1.807, 2.05) is 30.3 Å². The summed E-state index contributed by atoms with van der Waals surface area (Å²) >= 11 is 11.6. The molecule has 2 rings (SSSR count). The summed E-state index contributed by atoms with van der Waals surface area (Å²) in [6, 6.07) is 11.1. The van der Waals surface area contributed by atoms with Crippen LogP contribution in [0.4, 0.5) is 11.4 Å². The van der Waals surface area contributed by atoms with E-state index in [-0.39, 0.29) is 0 Å². The minimum atomic E-state index is 0.460. The van der Waals surface area contributed by atoms with Crippen molar-refractivity contribution in [2.24, 2.45) is 0 Å². The van der Waals surface area contributed by atoms with Gasteiger partial charge in [-0.15, -0.1) is 0 Å². The van der Waals surface area contributed by atoms with Gasteiger partial charge in [-0.1, -0.05) is 29.3 Å². The Morgan fingerprint density at radius 3 is 2.53 bits per heavy atom. The zero-order valence-corrected chi connectivity index (χ0v) is 9.26. The van der Waals surface area contributed by atoms with E-state index in [2.05, 4.69) is 10.3 Å². The molecule has 0 atom stereocenters. The molecular formula is C11H8Cl2N2. The van der Waals surface area contributed by atoms with Crippen LogP contribution in [-0.4, -0.2) is 4.98 Å². The fourth-order valence-corrected chi connectivity index (χ4v) is 1.58. The van der Waals surface area contributed by atoms with Gasteiger partial charge in [0.05, 0.1) is 0 Å². The van der Waals surface area contributed by atoms with Crippen LogP contribution < -0.4 is 5.32 Å². The summed E-state index contributed by atoms with van der Waals surface area (Å²) in [5.41, 5.74) is 1.81. The largest absolute Gasteiger partial charge is 0.355 e. The molecule has 0 fully saturated rings. The van der Waals surface area contributed by atoms with E-state index >= 15 is 0 Å². The Morgan fingerprint density at radius 1 is 1.00 bits per heavy atom. The molecule has 1 N–H and O–H groups in total. The zero-order valence-electron chi connectivity index (χ0n) is 7.74. The first-order valence-electron chi connectivity index (χ1n) is 4.38. The molecule has 0 saturated heterocycles. The Hall–Kier alpha value is -1.25. The lowest BCUT2D eigenvalue weighted by molar-refractivity contribution is 1.32. The van der Waals surface area contributed by atoms with Crippen LogP contribution in [0.2, 0.25) is 10.2 Å². The maximum atomic E-state index is 5.86. The second kappa shape index (κ2) is 4.51. The van der Waals surface area contributed by atoms with Gasteiger partial charge in [0.25, 0.3) is 0 Å². The molecule has 0 saturated carbocycles. The Bertz CT molecular complexity index is 428. The molecular weight excluding hydrogens is 231 g/mol. The summed E-state index contributed by atoms with van der Waals surface area (Å²) in [4.78, 5) is 3.90. The number of nitrogens with one attached hydrogen (secondary N) is 1. The van der Waals surface area contributed by atoms with Crippen molar-refractivity contribution in [2.75, 3.05) is 5.32 Å². The van der Waals surface area contributed by atoms with E-state index in [9.17, 15) is 0 Å². The molecule has 1 heterocycles. The summed E-state index contributed by atoms with van der Waals surface area (Å²) in [7, 11) is 0. The number of halogens is 2. The number of pyridine rings is 1. The molecule has 76 valence electrons. The van der Waals surface area contributed by atoms with Crippen LogP contribution in [0.5, 0.6) is 0 Å². The minimum Gasteiger partial charge on any atom is -0.355 e. The third-order valence-corrected chi connectivity index (χ3v) is 2.28. The van der Waals surface area contributed by atoms with Crippen molar-refractivity contribution in [3.8, 4) is 0 Å². The monoisotopic (exact) mass is 238 g/mol. The van der Waals surface area contributed by atoms with Gasteiger partial charge in [0.1, 0.15) is 5.15 Å². The number of nitrogens with zero attached hydrogens (tertiary/aromatic N) is 1. The van der Waals surface area contributed by atoms with Crippen LogP contribution >= 0.6 is 23.2 Å². The maximum Gasteiger partial charge on any atom is 0.131 e. The average molecular weight is 239 g/mol. The predicted molar refractivity (Wildman–Crippen MR) is 64.0 cm³/mol. The lowest BCUT2D eigenvalue weighted by atomic mass is 10.3. The fourth-order valence-electron chi connectivity index (χ4n) is 1.21. The Kier molecular flexibility index (Phi) is 3.09. The van der Waals surface area contributed by atoms with E-state index in [1.165, 1.54) is 0 Å². The van der Waals surface area contributed by atoms with Crippen LogP contribution in [0.3, 0.4) is 0 Å². The van der Waals surface area contributed by atoms with Gasteiger partial charge in [0, 0.05) is 22.6 Å². The first-order chi connectivity index (χ1) is 7.24. The topological polar surface area (TPSA) is 24.9 Å². The van der Waals surface area contributed by atoms with Gasteiger partial charge in [0.15, 0.2) is 0 Å². The molecule has 2 nitrogen and oxygen atoms in total. The van der Waals surface area contributed by atoms with Crippen molar-refractivity contribution in [3.63, 3.8) is 0 Å². The summed E-state index contributed by atoms with van der Waals surface area (Å²) in [6.45, 7) is 0. The molecule has 2 aromatic rings. The second-order valence-corrected chi connectivity index (χ2v) is 3.83. The molecule has 0 radical (unpaired) electrons. The fraction of sp³-hybridized carbons (Fsp3) is 0. The average Bonchev–Trinajstić information content (AvgIpc) is 2.17. The number of benzene rings is 1. The highest BCUT2D eigenvalue weighted by Crippen LogP contribution is 2.21. The van der Waals surface area contributed by atoms with Gasteiger partial charge in [-0.25, -0.2) is 4.98 Å². The molecule has 0 unspecified atom stereocenters. The molecule has 0 amide bonds. The highest BCUT2D eigenvalue weighted by atomic mass is 35.5. The van der Waals surface area contributed by atoms with Crippen LogP contribution in [0.25, 0.3) is 0 Å². The number of rotatable bonds is 2. The molecule has 1 aromatic carbocycles. The van der Waals surface area contributed by atoms with Gasteiger partial charge in [-0.2, -0.15) is 0 Å². The van der Waals surface area contributed by atoms with Gasteiger partial charge in [-0.05, 0) is 30.3 Å². The lowest BCUT2D eigenvalue weighted by Crippen LogP contribution is -1.90. The SMILES string of the molecule is Clc1cccc(Nc2ccnc(Cl)c2)c1. The Labute approximate surface area is 97.9 Å². The minimum absolute atomic E-state index is 0.460. The summed E-state index contributed by atoms with van der Waals surface area (Å²) < 4.78 is 0. The van der Waals surface area contributed by atoms with Crippen molar-refractivity contribution >= 4 is 34.6 Å². The number of hydrogen-bond acceptors (Lipinski definition) is 2. The van der Waals surface area contributed by atoms with E-state index in [1.54, 1.807) is 12.3 Å². The van der Waals surface area contributed by atoms with E-state index in [4.69, 9.17) is 23.2 Å². The third-order valence-electron chi connectivity index (χ3n) is 1.84. The zero-order chi connectivity index (χ0) is 10.7. The van der Waals surface area contributed by atoms with Gasteiger partial charge >= 0.3 is 0 Å². The van der Waals surface area contributed by atoms with Crippen LogP contribution in [0, 0.1) is 0 Å². The summed E-state index contributed by atoms with van der Waals surface area (Å²) in [5, 5.41) is 4.33. The quantitative estimate of drug-likeness (QED) is 0.797. The normalized spacial score (nSPS) is 10.0. The lowest BCUT2D eigenvalue weighted by Gasteiger charge is -2.06. The van der Waals surface area contributed by atoms with Crippen LogP contribution in [0.1, 0.15) is 0 Å². The highest BCUT2D eigenvalue weighted by Gasteiger charge is 1.96. The Morgan fingerprint density at radius 2 is 1.80 bits per heavy atom. The van der Waals surface area contributed by atoms with Gasteiger partial charge in [0.2, 0.25) is 0 Å². The van der Waals surface area contributed by atoms with Crippen molar-refractivity contribution in [2.45, 2.75) is 0 Å². The van der Waals surface area contributed by atoms with Crippen molar-refractivity contribution in [1.82, 2.24) is 4.98 Å². The molecule has 0 spiro atoms. The smallest absolute Gasteiger partial charge is 0.131 e. The summed E-state index contributed by atoms with van der Waals surface area (Å²) in [5.74, 6) is 0. The predicted octanol–water partition coefficient (Wildman–Crippen LogP) is 4.13. The Balaban J connectivity index is 2.22. The first-order valence-corrected chi connectivity index (χ1v) is 5.14. The van der Waals surface area contributed by atoms with E-state index in [0.717, 1.165) is 11.4 Å². The molecule has 0 aliphatic rings. The molecule has 0 aliphatic heterocycles.